The molecule has 3 unspecified atom stereocenters. The van der Waals surface area contributed by atoms with Gasteiger partial charge in [-0.1, -0.05) is 67.6 Å². The van der Waals surface area contributed by atoms with Crippen LogP contribution in [0.2, 0.25) is 0 Å². The summed E-state index contributed by atoms with van der Waals surface area (Å²) in [6.45, 7) is 3.98. The molecule has 1 aliphatic rings. The highest BCUT2D eigenvalue weighted by atomic mass is 16.3. The topological polar surface area (TPSA) is 49.3 Å². The molecule has 1 amide bonds. The summed E-state index contributed by atoms with van der Waals surface area (Å²) in [5, 5.41) is 12.9. The van der Waals surface area contributed by atoms with E-state index in [0.29, 0.717) is 6.42 Å². The third-order valence-electron chi connectivity index (χ3n) is 5.21. The number of benzene rings is 2. The number of carbonyl (C=O) groups is 1. The summed E-state index contributed by atoms with van der Waals surface area (Å²) >= 11 is 0. The van der Waals surface area contributed by atoms with Crippen molar-refractivity contribution >= 4 is 5.91 Å². The molecule has 0 radical (unpaired) electrons. The van der Waals surface area contributed by atoms with Gasteiger partial charge in [0, 0.05) is 12.0 Å². The normalized spacial score (nSPS) is 27.3. The minimum absolute atomic E-state index is 0.00315. The van der Waals surface area contributed by atoms with Crippen molar-refractivity contribution in [3.63, 3.8) is 0 Å². The summed E-state index contributed by atoms with van der Waals surface area (Å²) in [4.78, 5) is 13.1. The van der Waals surface area contributed by atoms with E-state index in [1.165, 1.54) is 0 Å². The smallest absolute Gasteiger partial charge is 0.231 e. The standard InChI is InChI=1S/C20H23NO2/c1-15(16-9-5-3-6-10-16)21-18(23)20(13-19(20,2)14-22)17-11-7-4-8-12-17/h3-12,15,22H,13-14H2,1-2H3,(H,21,23). The fraction of sp³-hybridized carbons (Fsp3) is 0.350. The molecule has 3 heteroatoms. The van der Waals surface area contributed by atoms with Gasteiger partial charge in [0.05, 0.1) is 11.5 Å². The largest absolute Gasteiger partial charge is 0.396 e. The number of hydrogen-bond donors (Lipinski definition) is 2. The molecule has 0 saturated heterocycles. The Morgan fingerprint density at radius 2 is 1.70 bits per heavy atom. The number of amides is 1. The first-order valence-corrected chi connectivity index (χ1v) is 8.06. The van der Waals surface area contributed by atoms with E-state index in [-0.39, 0.29) is 18.6 Å². The Morgan fingerprint density at radius 1 is 1.13 bits per heavy atom. The molecule has 0 bridgehead atoms. The van der Waals surface area contributed by atoms with Gasteiger partial charge in [0.2, 0.25) is 5.91 Å². The fourth-order valence-corrected chi connectivity index (χ4v) is 3.54. The molecule has 2 aromatic carbocycles. The monoisotopic (exact) mass is 309 g/mol. The molecule has 0 aromatic heterocycles. The summed E-state index contributed by atoms with van der Waals surface area (Å²) < 4.78 is 0. The Balaban J connectivity index is 1.86. The first kappa shape index (κ1) is 15.8. The number of hydrogen-bond acceptors (Lipinski definition) is 2. The van der Waals surface area contributed by atoms with E-state index in [9.17, 15) is 9.90 Å². The van der Waals surface area contributed by atoms with Crippen molar-refractivity contribution in [3.8, 4) is 0 Å². The van der Waals surface area contributed by atoms with E-state index in [1.807, 2.05) is 74.5 Å². The van der Waals surface area contributed by atoms with E-state index >= 15 is 0 Å². The van der Waals surface area contributed by atoms with E-state index in [4.69, 9.17) is 0 Å². The Morgan fingerprint density at radius 3 is 2.22 bits per heavy atom. The molecule has 3 nitrogen and oxygen atoms in total. The van der Waals surface area contributed by atoms with Crippen molar-refractivity contribution in [2.75, 3.05) is 6.61 Å². The van der Waals surface area contributed by atoms with Crippen LogP contribution in [0.5, 0.6) is 0 Å². The Hall–Kier alpha value is -2.13. The van der Waals surface area contributed by atoms with Crippen molar-refractivity contribution < 1.29 is 9.90 Å². The number of aliphatic hydroxyl groups is 1. The molecule has 0 heterocycles. The molecule has 3 atom stereocenters. The Bertz CT molecular complexity index is 685. The SMILES string of the molecule is CC(NC(=O)C1(c2ccccc2)CC1(C)CO)c1ccccc1. The van der Waals surface area contributed by atoms with Gasteiger partial charge in [0.15, 0.2) is 0 Å². The summed E-state index contributed by atoms with van der Waals surface area (Å²) in [6, 6.07) is 19.7. The quantitative estimate of drug-likeness (QED) is 0.891. The number of aliphatic hydroxyl groups excluding tert-OH is 1. The number of nitrogens with one attached hydrogen (secondary N) is 1. The maximum Gasteiger partial charge on any atom is 0.231 e. The van der Waals surface area contributed by atoms with Crippen LogP contribution in [0, 0.1) is 5.41 Å². The van der Waals surface area contributed by atoms with Gasteiger partial charge < -0.3 is 10.4 Å². The van der Waals surface area contributed by atoms with Crippen molar-refractivity contribution in [3.05, 3.63) is 71.8 Å². The van der Waals surface area contributed by atoms with Crippen LogP contribution in [0.15, 0.2) is 60.7 Å². The van der Waals surface area contributed by atoms with E-state index in [1.54, 1.807) is 0 Å². The Kier molecular flexibility index (Phi) is 3.99. The van der Waals surface area contributed by atoms with Gasteiger partial charge in [-0.05, 0) is 24.5 Å². The minimum atomic E-state index is -0.633. The molecule has 1 saturated carbocycles. The lowest BCUT2D eigenvalue weighted by molar-refractivity contribution is -0.125. The van der Waals surface area contributed by atoms with Gasteiger partial charge in [-0.15, -0.1) is 0 Å². The minimum Gasteiger partial charge on any atom is -0.396 e. The maximum absolute atomic E-state index is 13.1. The van der Waals surface area contributed by atoms with Gasteiger partial charge in [-0.25, -0.2) is 0 Å². The lowest BCUT2D eigenvalue weighted by atomic mass is 9.86. The van der Waals surface area contributed by atoms with Gasteiger partial charge in [-0.2, -0.15) is 0 Å². The molecule has 1 fully saturated rings. The van der Waals surface area contributed by atoms with E-state index in [2.05, 4.69) is 5.32 Å². The molecule has 120 valence electrons. The van der Waals surface area contributed by atoms with E-state index in [0.717, 1.165) is 11.1 Å². The van der Waals surface area contributed by atoms with Crippen LogP contribution < -0.4 is 5.32 Å². The number of carbonyl (C=O) groups excluding carboxylic acids is 1. The molecular formula is C20H23NO2. The summed E-state index contributed by atoms with van der Waals surface area (Å²) in [5.41, 5.74) is 1.03. The lowest BCUT2D eigenvalue weighted by Crippen LogP contribution is -2.40. The van der Waals surface area contributed by atoms with Crippen LogP contribution in [0.25, 0.3) is 0 Å². The third-order valence-corrected chi connectivity index (χ3v) is 5.21. The average Bonchev–Trinajstić information content (AvgIpc) is 3.24. The van der Waals surface area contributed by atoms with Crippen molar-refractivity contribution in [1.29, 1.82) is 0 Å². The molecular weight excluding hydrogens is 286 g/mol. The second kappa shape index (κ2) is 5.82. The van der Waals surface area contributed by atoms with Crippen LogP contribution in [0.3, 0.4) is 0 Å². The van der Waals surface area contributed by atoms with Crippen LogP contribution in [0.1, 0.15) is 37.4 Å². The van der Waals surface area contributed by atoms with Gasteiger partial charge in [0.1, 0.15) is 0 Å². The fourth-order valence-electron chi connectivity index (χ4n) is 3.54. The van der Waals surface area contributed by atoms with Crippen LogP contribution in [0.4, 0.5) is 0 Å². The van der Waals surface area contributed by atoms with Crippen LogP contribution >= 0.6 is 0 Å². The molecule has 3 rings (SSSR count). The van der Waals surface area contributed by atoms with Crippen molar-refractivity contribution in [1.82, 2.24) is 5.32 Å². The van der Waals surface area contributed by atoms with Gasteiger partial charge in [-0.3, -0.25) is 4.79 Å². The molecule has 0 spiro atoms. The van der Waals surface area contributed by atoms with Crippen LogP contribution in [-0.4, -0.2) is 17.6 Å². The molecule has 0 aliphatic heterocycles. The first-order valence-electron chi connectivity index (χ1n) is 8.06. The zero-order valence-electron chi connectivity index (χ0n) is 13.6. The molecule has 2 N–H and O–H groups in total. The van der Waals surface area contributed by atoms with Crippen molar-refractivity contribution in [2.24, 2.45) is 5.41 Å². The predicted molar refractivity (Wildman–Crippen MR) is 90.9 cm³/mol. The molecule has 23 heavy (non-hydrogen) atoms. The number of rotatable bonds is 5. The van der Waals surface area contributed by atoms with Gasteiger partial charge in [0.25, 0.3) is 0 Å². The maximum atomic E-state index is 13.1. The molecule has 2 aromatic rings. The average molecular weight is 309 g/mol. The van der Waals surface area contributed by atoms with Crippen molar-refractivity contribution in [2.45, 2.75) is 31.7 Å². The first-order chi connectivity index (χ1) is 11.0. The summed E-state index contributed by atoms with van der Waals surface area (Å²) in [5.74, 6) is -0.00315. The summed E-state index contributed by atoms with van der Waals surface area (Å²) in [6.07, 6.45) is 0.674. The second-order valence-corrected chi connectivity index (χ2v) is 6.77. The summed E-state index contributed by atoms with van der Waals surface area (Å²) in [7, 11) is 0. The zero-order valence-corrected chi connectivity index (χ0v) is 13.6. The van der Waals surface area contributed by atoms with Gasteiger partial charge >= 0.3 is 0 Å². The predicted octanol–water partition coefficient (Wildman–Crippen LogP) is 3.20. The third kappa shape index (κ3) is 2.55. The van der Waals surface area contributed by atoms with Crippen LogP contribution in [-0.2, 0) is 10.2 Å². The Labute approximate surface area is 137 Å². The zero-order chi connectivity index (χ0) is 16.5. The highest BCUT2D eigenvalue weighted by Gasteiger charge is 2.69. The van der Waals surface area contributed by atoms with E-state index < -0.39 is 10.8 Å². The molecule has 1 aliphatic carbocycles. The highest BCUT2D eigenvalue weighted by molar-refractivity contribution is 5.93. The lowest BCUT2D eigenvalue weighted by Gasteiger charge is -2.24. The highest BCUT2D eigenvalue weighted by Crippen LogP contribution is 2.64. The second-order valence-electron chi connectivity index (χ2n) is 6.77.